The molecule has 0 atom stereocenters. The van der Waals surface area contributed by atoms with Crippen LogP contribution in [0.15, 0.2) is 18.3 Å². The van der Waals surface area contributed by atoms with Crippen molar-refractivity contribution in [1.82, 2.24) is 14.5 Å². The standard InChI is InChI=1S/C15H18N4O2/c1-9(2)21-14(20)12-6-5-11-13-10(4-3-7-19(11)12)8-17-15(16)18-13/h5-6,8-9H,3-4,7H2,1-2H3,(H2,16,17,18). The van der Waals surface area contributed by atoms with Crippen LogP contribution in [0.4, 0.5) is 5.95 Å². The topological polar surface area (TPSA) is 83.0 Å². The van der Waals surface area contributed by atoms with Crippen molar-refractivity contribution >= 4 is 11.9 Å². The van der Waals surface area contributed by atoms with Crippen LogP contribution in [-0.2, 0) is 17.7 Å². The van der Waals surface area contributed by atoms with Gasteiger partial charge in [-0.1, -0.05) is 0 Å². The quantitative estimate of drug-likeness (QED) is 0.854. The van der Waals surface area contributed by atoms with Crippen LogP contribution >= 0.6 is 0 Å². The van der Waals surface area contributed by atoms with E-state index in [0.717, 1.165) is 36.3 Å². The average molecular weight is 286 g/mol. The third kappa shape index (κ3) is 2.49. The van der Waals surface area contributed by atoms with Crippen LogP contribution < -0.4 is 5.73 Å². The lowest BCUT2D eigenvalue weighted by Gasteiger charge is -2.12. The molecule has 0 bridgehead atoms. The van der Waals surface area contributed by atoms with Crippen molar-refractivity contribution in [2.24, 2.45) is 0 Å². The second-order valence-corrected chi connectivity index (χ2v) is 5.42. The molecule has 1 aliphatic rings. The summed E-state index contributed by atoms with van der Waals surface area (Å²) in [4.78, 5) is 20.6. The largest absolute Gasteiger partial charge is 0.458 e. The van der Waals surface area contributed by atoms with E-state index in [-0.39, 0.29) is 18.0 Å². The van der Waals surface area contributed by atoms with Gasteiger partial charge in [0.05, 0.1) is 17.5 Å². The molecule has 0 radical (unpaired) electrons. The Bertz CT molecular complexity index is 691. The SMILES string of the molecule is CC(C)OC(=O)c1ccc2n1CCCc1cnc(N)nc1-2. The van der Waals surface area contributed by atoms with E-state index in [1.54, 1.807) is 12.3 Å². The first-order valence-corrected chi connectivity index (χ1v) is 7.08. The maximum absolute atomic E-state index is 12.2. The van der Waals surface area contributed by atoms with Gasteiger partial charge in [-0.3, -0.25) is 0 Å². The number of anilines is 1. The van der Waals surface area contributed by atoms with Crippen LogP contribution in [0.5, 0.6) is 0 Å². The van der Waals surface area contributed by atoms with E-state index in [2.05, 4.69) is 9.97 Å². The van der Waals surface area contributed by atoms with E-state index in [4.69, 9.17) is 10.5 Å². The lowest BCUT2D eigenvalue weighted by atomic mass is 10.1. The highest BCUT2D eigenvalue weighted by atomic mass is 16.5. The zero-order valence-electron chi connectivity index (χ0n) is 12.2. The molecule has 0 unspecified atom stereocenters. The van der Waals surface area contributed by atoms with Gasteiger partial charge >= 0.3 is 5.97 Å². The van der Waals surface area contributed by atoms with Gasteiger partial charge in [-0.25, -0.2) is 14.8 Å². The first-order valence-electron chi connectivity index (χ1n) is 7.08. The number of aromatic nitrogens is 3. The number of nitrogens with zero attached hydrogens (tertiary/aromatic N) is 3. The van der Waals surface area contributed by atoms with Crippen molar-refractivity contribution in [3.8, 4) is 11.4 Å². The Balaban J connectivity index is 2.07. The number of nitrogens with two attached hydrogens (primary N) is 1. The van der Waals surface area contributed by atoms with Gasteiger partial charge in [0.2, 0.25) is 5.95 Å². The predicted octanol–water partition coefficient (Wildman–Crippen LogP) is 2.04. The number of fused-ring (bicyclic) bond motifs is 3. The number of carbonyl (C=O) groups excluding carboxylic acids is 1. The molecule has 0 saturated carbocycles. The molecule has 3 heterocycles. The Morgan fingerprint density at radius 1 is 1.43 bits per heavy atom. The molecule has 3 rings (SSSR count). The molecule has 6 nitrogen and oxygen atoms in total. The van der Waals surface area contributed by atoms with Crippen LogP contribution in [0.1, 0.15) is 36.3 Å². The minimum absolute atomic E-state index is 0.139. The Kier molecular flexibility index (Phi) is 3.37. The molecule has 110 valence electrons. The van der Waals surface area contributed by atoms with Gasteiger partial charge in [0.15, 0.2) is 0 Å². The van der Waals surface area contributed by atoms with Crippen molar-refractivity contribution in [1.29, 1.82) is 0 Å². The summed E-state index contributed by atoms with van der Waals surface area (Å²) >= 11 is 0. The summed E-state index contributed by atoms with van der Waals surface area (Å²) in [5, 5.41) is 0. The molecule has 1 aliphatic heterocycles. The second kappa shape index (κ2) is 5.20. The Labute approximate surface area is 123 Å². The fourth-order valence-corrected chi connectivity index (χ4v) is 2.62. The van der Waals surface area contributed by atoms with E-state index in [1.165, 1.54) is 0 Å². The normalized spacial score (nSPS) is 13.5. The summed E-state index contributed by atoms with van der Waals surface area (Å²) in [6.07, 6.45) is 3.42. The number of aryl methyl sites for hydroxylation is 1. The highest BCUT2D eigenvalue weighted by molar-refractivity contribution is 5.89. The summed E-state index contributed by atoms with van der Waals surface area (Å²) in [7, 11) is 0. The maximum Gasteiger partial charge on any atom is 0.355 e. The van der Waals surface area contributed by atoms with Crippen molar-refractivity contribution in [2.45, 2.75) is 39.3 Å². The van der Waals surface area contributed by atoms with Crippen LogP contribution in [0.25, 0.3) is 11.4 Å². The summed E-state index contributed by atoms with van der Waals surface area (Å²) < 4.78 is 7.26. The Hall–Kier alpha value is -2.37. The summed E-state index contributed by atoms with van der Waals surface area (Å²) in [6.45, 7) is 4.43. The van der Waals surface area contributed by atoms with Crippen LogP contribution in [0.2, 0.25) is 0 Å². The predicted molar refractivity (Wildman–Crippen MR) is 78.7 cm³/mol. The minimum Gasteiger partial charge on any atom is -0.458 e. The number of esters is 1. The second-order valence-electron chi connectivity index (χ2n) is 5.42. The molecular weight excluding hydrogens is 268 g/mol. The number of hydrogen-bond acceptors (Lipinski definition) is 5. The van der Waals surface area contributed by atoms with Crippen LogP contribution in [-0.4, -0.2) is 26.6 Å². The first-order chi connectivity index (χ1) is 10.1. The van der Waals surface area contributed by atoms with Crippen molar-refractivity contribution < 1.29 is 9.53 Å². The van der Waals surface area contributed by atoms with Crippen LogP contribution in [0.3, 0.4) is 0 Å². The van der Waals surface area contributed by atoms with Gasteiger partial charge in [-0.15, -0.1) is 0 Å². The monoisotopic (exact) mass is 286 g/mol. The Morgan fingerprint density at radius 2 is 2.24 bits per heavy atom. The molecule has 0 aromatic carbocycles. The molecule has 2 aromatic heterocycles. The molecule has 2 aromatic rings. The van der Waals surface area contributed by atoms with E-state index < -0.39 is 0 Å². The minimum atomic E-state index is -0.304. The lowest BCUT2D eigenvalue weighted by molar-refractivity contribution is 0.0365. The number of hydrogen-bond donors (Lipinski definition) is 1. The highest BCUT2D eigenvalue weighted by Crippen LogP contribution is 2.29. The molecule has 2 N–H and O–H groups in total. The van der Waals surface area contributed by atoms with E-state index >= 15 is 0 Å². The van der Waals surface area contributed by atoms with Crippen LogP contribution in [0, 0.1) is 0 Å². The number of carbonyl (C=O) groups is 1. The Morgan fingerprint density at radius 3 is 3.00 bits per heavy atom. The van der Waals surface area contributed by atoms with Gasteiger partial charge in [0.25, 0.3) is 0 Å². The first kappa shape index (κ1) is 13.6. The fraction of sp³-hybridized carbons (Fsp3) is 0.400. The molecule has 21 heavy (non-hydrogen) atoms. The molecule has 0 spiro atoms. The molecule has 0 aliphatic carbocycles. The highest BCUT2D eigenvalue weighted by Gasteiger charge is 2.22. The number of ether oxygens (including phenoxy) is 1. The van der Waals surface area contributed by atoms with Crippen molar-refractivity contribution in [3.05, 3.63) is 29.6 Å². The summed E-state index contributed by atoms with van der Waals surface area (Å²) in [6, 6.07) is 3.68. The van der Waals surface area contributed by atoms with Crippen molar-refractivity contribution in [2.75, 3.05) is 5.73 Å². The third-order valence-electron chi connectivity index (χ3n) is 3.49. The zero-order valence-corrected chi connectivity index (χ0v) is 12.2. The average Bonchev–Trinajstić information content (AvgIpc) is 2.75. The van der Waals surface area contributed by atoms with Gasteiger partial charge in [-0.2, -0.15) is 0 Å². The van der Waals surface area contributed by atoms with E-state index in [0.29, 0.717) is 5.69 Å². The number of nitrogen functional groups attached to an aromatic ring is 1. The van der Waals surface area contributed by atoms with Gasteiger partial charge < -0.3 is 15.0 Å². The molecule has 0 fully saturated rings. The number of rotatable bonds is 2. The maximum atomic E-state index is 12.2. The summed E-state index contributed by atoms with van der Waals surface area (Å²) in [5.74, 6) is -0.0589. The van der Waals surface area contributed by atoms with Gasteiger partial charge in [-0.05, 0) is 44.4 Å². The van der Waals surface area contributed by atoms with Crippen molar-refractivity contribution in [3.63, 3.8) is 0 Å². The summed E-state index contributed by atoms with van der Waals surface area (Å²) in [5.41, 5.74) is 9.02. The van der Waals surface area contributed by atoms with Gasteiger partial charge in [0.1, 0.15) is 5.69 Å². The van der Waals surface area contributed by atoms with E-state index in [9.17, 15) is 4.79 Å². The molecule has 6 heteroatoms. The van der Waals surface area contributed by atoms with E-state index in [1.807, 2.05) is 24.5 Å². The van der Waals surface area contributed by atoms with Gasteiger partial charge in [0, 0.05) is 12.7 Å². The lowest BCUT2D eigenvalue weighted by Crippen LogP contribution is -2.16. The third-order valence-corrected chi connectivity index (χ3v) is 3.49. The molecule has 0 amide bonds. The fourth-order valence-electron chi connectivity index (χ4n) is 2.62. The molecule has 0 saturated heterocycles. The molecular formula is C15H18N4O2. The smallest absolute Gasteiger partial charge is 0.355 e. The zero-order chi connectivity index (χ0) is 15.0.